The van der Waals surface area contributed by atoms with Crippen molar-refractivity contribution in [2.45, 2.75) is 39.1 Å². The van der Waals surface area contributed by atoms with E-state index in [2.05, 4.69) is 9.46 Å². The van der Waals surface area contributed by atoms with E-state index in [0.29, 0.717) is 11.3 Å². The maximum absolute atomic E-state index is 12.5. The maximum Gasteiger partial charge on any atom is 0.421 e. The number of aliphatic hydroxyl groups is 1. The third kappa shape index (κ3) is 4.04. The van der Waals surface area contributed by atoms with Gasteiger partial charge in [0.15, 0.2) is 0 Å². The lowest BCUT2D eigenvalue weighted by Crippen LogP contribution is -2.64. The number of carbonyl (C=O) groups is 3. The number of aromatic nitrogens is 2. The largest absolute Gasteiger partial charge is 0.543 e. The molecule has 0 radical (unpaired) electrons. The molecule has 34 heavy (non-hydrogen) atoms. The third-order valence-electron chi connectivity index (χ3n) is 6.11. The van der Waals surface area contributed by atoms with E-state index in [1.807, 2.05) is 6.92 Å². The van der Waals surface area contributed by atoms with Crippen LogP contribution in [0.15, 0.2) is 29.2 Å². The van der Waals surface area contributed by atoms with E-state index in [1.54, 1.807) is 31.6 Å². The van der Waals surface area contributed by atoms with Crippen LogP contribution in [0.25, 0.3) is 4.83 Å². The van der Waals surface area contributed by atoms with Crippen LogP contribution in [0.1, 0.15) is 19.5 Å². The first-order chi connectivity index (χ1) is 15.9. The van der Waals surface area contributed by atoms with Crippen LogP contribution in [0, 0.1) is 11.8 Å². The van der Waals surface area contributed by atoms with Gasteiger partial charge in [-0.05, 0) is 6.92 Å². The average molecular weight is 514 g/mol. The van der Waals surface area contributed by atoms with Gasteiger partial charge in [-0.1, -0.05) is 18.3 Å². The number of hydrogen-bond donors (Lipinski definition) is 3. The Morgan fingerprint density at radius 1 is 1.41 bits per heavy atom. The van der Waals surface area contributed by atoms with Crippen LogP contribution in [0.5, 0.6) is 0 Å². The summed E-state index contributed by atoms with van der Waals surface area (Å²) in [4.78, 5) is 37.5. The number of aliphatic carboxylic acids is 1. The Labute approximate surface area is 198 Å². The van der Waals surface area contributed by atoms with Crippen LogP contribution in [0.2, 0.25) is 0 Å². The van der Waals surface area contributed by atoms with E-state index in [0.717, 1.165) is 11.9 Å². The lowest BCUT2D eigenvalue weighted by atomic mass is 9.78. The van der Waals surface area contributed by atoms with Crippen LogP contribution < -0.4 is 19.1 Å². The first-order valence-electron chi connectivity index (χ1n) is 10.2. The summed E-state index contributed by atoms with van der Waals surface area (Å²) in [6, 6.07) is -0.438. The van der Waals surface area contributed by atoms with Gasteiger partial charge in [-0.15, -0.1) is 0 Å². The van der Waals surface area contributed by atoms with E-state index < -0.39 is 46.2 Å². The SMILES string of the molecule is COC(=O)NS(=O)(=O)NCc1csc2c[n+](CC3=C(C(=O)[O-])N4C(=O)[C@H]([C@@H](C)O)[C@H]4[C@H]3C)cn12. The molecule has 3 N–H and O–H groups in total. The summed E-state index contributed by atoms with van der Waals surface area (Å²) in [5, 5.41) is 23.6. The van der Waals surface area contributed by atoms with Gasteiger partial charge in [-0.25, -0.2) is 14.1 Å². The molecule has 2 aromatic rings. The highest BCUT2D eigenvalue weighted by molar-refractivity contribution is 7.88. The van der Waals surface area contributed by atoms with Gasteiger partial charge in [0, 0.05) is 16.9 Å². The van der Waals surface area contributed by atoms with Crippen LogP contribution >= 0.6 is 11.3 Å². The van der Waals surface area contributed by atoms with E-state index in [1.165, 1.54) is 23.2 Å². The molecule has 2 aliphatic rings. The normalized spacial score (nSPS) is 23.1. The summed E-state index contributed by atoms with van der Waals surface area (Å²) in [5.74, 6) is -2.84. The van der Waals surface area contributed by atoms with Crippen molar-refractivity contribution in [3.05, 3.63) is 34.9 Å². The molecule has 0 unspecified atom stereocenters. The van der Waals surface area contributed by atoms with Gasteiger partial charge in [-0.2, -0.15) is 17.5 Å². The number of carboxylic acids is 1. The molecule has 15 heteroatoms. The molecule has 0 spiro atoms. The molecule has 0 aromatic carbocycles. The summed E-state index contributed by atoms with van der Waals surface area (Å²) in [6.45, 7) is 3.38. The number of thiazole rings is 1. The van der Waals surface area contributed by atoms with Crippen LogP contribution in [-0.2, 0) is 37.6 Å². The van der Waals surface area contributed by atoms with E-state index in [-0.39, 0.29) is 24.7 Å². The third-order valence-corrected chi connectivity index (χ3v) is 8.00. The van der Waals surface area contributed by atoms with Crippen molar-refractivity contribution in [1.82, 2.24) is 18.7 Å². The number of aliphatic hydroxyl groups excluding tert-OH is 1. The van der Waals surface area contributed by atoms with Gasteiger partial charge in [0.25, 0.3) is 0 Å². The first-order valence-corrected chi connectivity index (χ1v) is 12.6. The fourth-order valence-electron chi connectivity index (χ4n) is 4.54. The Morgan fingerprint density at radius 2 is 2.12 bits per heavy atom. The minimum atomic E-state index is -4.12. The van der Waals surface area contributed by atoms with E-state index in [4.69, 9.17) is 0 Å². The van der Waals surface area contributed by atoms with Crippen molar-refractivity contribution in [2.24, 2.45) is 11.8 Å². The summed E-state index contributed by atoms with van der Waals surface area (Å²) >= 11 is 1.34. The number of rotatable bonds is 8. The molecule has 184 valence electrons. The number of fused-ring (bicyclic) bond motifs is 2. The Bertz CT molecular complexity index is 1310. The second-order valence-electron chi connectivity index (χ2n) is 8.19. The average Bonchev–Trinajstić information content (AvgIpc) is 3.37. The number of ether oxygens (including phenoxy) is 1. The Hall–Kier alpha value is -3.01. The minimum absolute atomic E-state index is 0.120. The van der Waals surface area contributed by atoms with Crippen molar-refractivity contribution in [3.63, 3.8) is 0 Å². The quantitative estimate of drug-likeness (QED) is 0.264. The zero-order valence-corrected chi connectivity index (χ0v) is 20.1. The number of nitrogens with one attached hydrogen (secondary N) is 2. The highest BCUT2D eigenvalue weighted by Crippen LogP contribution is 2.46. The molecular weight excluding hydrogens is 490 g/mol. The summed E-state index contributed by atoms with van der Waals surface area (Å²) in [6.07, 6.45) is 1.43. The molecular formula is C19H23N5O8S2. The second-order valence-corrected chi connectivity index (χ2v) is 10.6. The first kappa shape index (κ1) is 24.1. The number of carbonyl (C=O) groups excluding carboxylic acids is 3. The summed E-state index contributed by atoms with van der Waals surface area (Å²) in [7, 11) is -3.08. The number of nitrogens with zero attached hydrogens (tertiary/aromatic N) is 3. The molecule has 4 rings (SSSR count). The fraction of sp³-hybridized carbons (Fsp3) is 0.474. The van der Waals surface area contributed by atoms with Crippen LogP contribution in [0.4, 0.5) is 4.79 Å². The molecule has 1 fully saturated rings. The van der Waals surface area contributed by atoms with Gasteiger partial charge in [0.2, 0.25) is 17.1 Å². The molecule has 2 amide bonds. The number of β-lactam (4-membered cyclic amide) rings is 1. The molecule has 13 nitrogen and oxygen atoms in total. The molecule has 1 saturated heterocycles. The number of hydrogen-bond acceptors (Lipinski definition) is 9. The predicted octanol–water partition coefficient (Wildman–Crippen LogP) is -2.16. The zero-order chi connectivity index (χ0) is 24.9. The minimum Gasteiger partial charge on any atom is -0.543 e. The molecule has 4 atom stereocenters. The van der Waals surface area contributed by atoms with Gasteiger partial charge in [-0.3, -0.25) is 4.79 Å². The standard InChI is InChI=1S/C19H23N5O8S2/c1-9-12(16(18(27)28)24-15(9)14(10(2)25)17(24)26)5-22-6-13-23(8-22)11(7-33-13)4-20-34(30,31)21-19(29)32-3/h6-10,14-15,20,25H,4-5H2,1-3H3,(H-,21,27,28,29)/t9-,10+,14+,15+/m0/s1. The monoisotopic (exact) mass is 513 g/mol. The van der Waals surface area contributed by atoms with Gasteiger partial charge in [0.05, 0.1) is 43.4 Å². The number of carboxylic acid groups (broad SMARTS) is 1. The molecule has 4 heterocycles. The lowest BCUT2D eigenvalue weighted by Gasteiger charge is -2.47. The maximum atomic E-state index is 12.5. The number of amides is 2. The highest BCUT2D eigenvalue weighted by atomic mass is 32.2. The van der Waals surface area contributed by atoms with Crippen molar-refractivity contribution in [2.75, 3.05) is 7.11 Å². The molecule has 2 aliphatic heterocycles. The van der Waals surface area contributed by atoms with Gasteiger partial charge >= 0.3 is 16.3 Å². The lowest BCUT2D eigenvalue weighted by molar-refractivity contribution is -0.688. The smallest absolute Gasteiger partial charge is 0.421 e. The predicted molar refractivity (Wildman–Crippen MR) is 114 cm³/mol. The topological polar surface area (TPSA) is 173 Å². The number of methoxy groups -OCH3 is 1. The summed E-state index contributed by atoms with van der Waals surface area (Å²) < 4.78 is 35.5. The second kappa shape index (κ2) is 8.65. The van der Waals surface area contributed by atoms with E-state index in [9.17, 15) is 33.0 Å². The highest BCUT2D eigenvalue weighted by Gasteiger charge is 2.58. The van der Waals surface area contributed by atoms with Crippen LogP contribution in [-0.4, -0.2) is 60.1 Å². The Balaban J connectivity index is 1.56. The molecule has 0 saturated carbocycles. The Morgan fingerprint density at radius 3 is 2.74 bits per heavy atom. The molecule has 0 bridgehead atoms. The van der Waals surface area contributed by atoms with Crippen LogP contribution in [0.3, 0.4) is 0 Å². The van der Waals surface area contributed by atoms with Crippen molar-refractivity contribution in [3.8, 4) is 0 Å². The van der Waals surface area contributed by atoms with Gasteiger partial charge in [0.1, 0.15) is 18.4 Å². The number of imidazole rings is 1. The molecule has 0 aliphatic carbocycles. The van der Waals surface area contributed by atoms with Crippen molar-refractivity contribution < 1.29 is 42.3 Å². The van der Waals surface area contributed by atoms with Crippen molar-refractivity contribution in [1.29, 1.82) is 0 Å². The summed E-state index contributed by atoms with van der Waals surface area (Å²) in [5.41, 5.74) is 0.924. The zero-order valence-electron chi connectivity index (χ0n) is 18.4. The van der Waals surface area contributed by atoms with E-state index >= 15 is 0 Å². The van der Waals surface area contributed by atoms with Gasteiger partial charge < -0.3 is 24.6 Å². The Kier molecular flexibility index (Phi) is 6.14. The van der Waals surface area contributed by atoms with Crippen molar-refractivity contribution >= 4 is 44.3 Å². The molecule has 2 aromatic heterocycles. The fourth-order valence-corrected chi connectivity index (χ4v) is 6.18.